The zero-order valence-corrected chi connectivity index (χ0v) is 15.3. The van der Waals surface area contributed by atoms with Crippen molar-refractivity contribution in [3.8, 4) is 0 Å². The largest absolute Gasteiger partial charge is 0.327 e. The Labute approximate surface area is 150 Å². The van der Waals surface area contributed by atoms with Crippen LogP contribution in [-0.4, -0.2) is 32.4 Å². The summed E-state index contributed by atoms with van der Waals surface area (Å²) in [6.45, 7) is 2.65. The normalized spacial score (nSPS) is 19.5. The van der Waals surface area contributed by atoms with Crippen LogP contribution in [0.25, 0.3) is 0 Å². The van der Waals surface area contributed by atoms with Gasteiger partial charge in [0.1, 0.15) is 0 Å². The van der Waals surface area contributed by atoms with E-state index in [-0.39, 0.29) is 11.8 Å². The minimum absolute atomic E-state index is 0.0348. The Kier molecular flexibility index (Phi) is 5.89. The first kappa shape index (κ1) is 18.1. The van der Waals surface area contributed by atoms with Gasteiger partial charge in [0.25, 0.3) is 0 Å². The smallest absolute Gasteiger partial charge is 0.182 e. The second-order valence-corrected chi connectivity index (χ2v) is 8.82. The molecule has 0 aliphatic carbocycles. The quantitative estimate of drug-likeness (QED) is 0.892. The fourth-order valence-electron chi connectivity index (χ4n) is 3.41. The van der Waals surface area contributed by atoms with Crippen molar-refractivity contribution in [2.45, 2.75) is 42.5 Å². The summed E-state index contributed by atoms with van der Waals surface area (Å²) in [4.78, 5) is 2.73. The van der Waals surface area contributed by atoms with Crippen molar-refractivity contribution in [2.75, 3.05) is 13.1 Å². The van der Waals surface area contributed by atoms with Gasteiger partial charge in [0, 0.05) is 19.1 Å². The minimum Gasteiger partial charge on any atom is -0.327 e. The lowest BCUT2D eigenvalue weighted by Crippen LogP contribution is -2.35. The molecule has 4 nitrogen and oxygen atoms in total. The Morgan fingerprint density at radius 2 is 1.64 bits per heavy atom. The number of benzene rings is 2. The SMILES string of the molecule is N[C@@H]1CCCCN(Cc2ccccc2CS(=O)(=O)c2ccccc2)C1. The lowest BCUT2D eigenvalue weighted by molar-refractivity contribution is 0.264. The molecule has 2 aromatic carbocycles. The summed E-state index contributed by atoms with van der Waals surface area (Å²) < 4.78 is 25.4. The molecule has 0 unspecified atom stereocenters. The Balaban J connectivity index is 1.79. The number of rotatable bonds is 5. The van der Waals surface area contributed by atoms with Gasteiger partial charge in [-0.3, -0.25) is 4.90 Å². The number of likely N-dealkylation sites (tertiary alicyclic amines) is 1. The number of hydrogen-bond acceptors (Lipinski definition) is 4. The highest BCUT2D eigenvalue weighted by molar-refractivity contribution is 7.90. The van der Waals surface area contributed by atoms with E-state index in [1.54, 1.807) is 24.3 Å². The molecule has 5 heteroatoms. The first-order valence-electron chi connectivity index (χ1n) is 8.87. The van der Waals surface area contributed by atoms with Gasteiger partial charge in [-0.2, -0.15) is 0 Å². The molecule has 1 aliphatic rings. The van der Waals surface area contributed by atoms with Crippen molar-refractivity contribution in [1.82, 2.24) is 4.90 Å². The summed E-state index contributed by atoms with van der Waals surface area (Å²) >= 11 is 0. The molecule has 0 radical (unpaired) electrons. The minimum atomic E-state index is -3.34. The predicted molar refractivity (Wildman–Crippen MR) is 101 cm³/mol. The maximum Gasteiger partial charge on any atom is 0.182 e. The molecule has 0 saturated carbocycles. The van der Waals surface area contributed by atoms with Crippen LogP contribution in [0.3, 0.4) is 0 Å². The zero-order chi connectivity index (χ0) is 17.7. The zero-order valence-electron chi connectivity index (χ0n) is 14.5. The molecule has 25 heavy (non-hydrogen) atoms. The molecule has 0 bridgehead atoms. The highest BCUT2D eigenvalue weighted by atomic mass is 32.2. The van der Waals surface area contributed by atoms with Crippen LogP contribution in [0.2, 0.25) is 0 Å². The van der Waals surface area contributed by atoms with E-state index in [0.717, 1.165) is 43.6 Å². The van der Waals surface area contributed by atoms with Crippen LogP contribution in [0, 0.1) is 0 Å². The van der Waals surface area contributed by atoms with Crippen LogP contribution in [-0.2, 0) is 22.1 Å². The maximum absolute atomic E-state index is 12.7. The highest BCUT2D eigenvalue weighted by Gasteiger charge is 2.19. The summed E-state index contributed by atoms with van der Waals surface area (Å²) in [5.41, 5.74) is 8.12. The first-order valence-corrected chi connectivity index (χ1v) is 10.5. The van der Waals surface area contributed by atoms with Crippen molar-refractivity contribution in [2.24, 2.45) is 5.73 Å². The molecule has 0 aromatic heterocycles. The number of nitrogens with zero attached hydrogens (tertiary/aromatic N) is 1. The molecule has 0 amide bonds. The molecule has 1 saturated heterocycles. The molecule has 2 N–H and O–H groups in total. The van der Waals surface area contributed by atoms with Gasteiger partial charge in [0.2, 0.25) is 0 Å². The van der Waals surface area contributed by atoms with E-state index in [1.807, 2.05) is 30.3 Å². The lowest BCUT2D eigenvalue weighted by atomic mass is 10.1. The number of hydrogen-bond donors (Lipinski definition) is 1. The summed E-state index contributed by atoms with van der Waals surface area (Å²) in [5, 5.41) is 0. The molecule has 134 valence electrons. The summed E-state index contributed by atoms with van der Waals surface area (Å²) in [6.07, 6.45) is 3.39. The van der Waals surface area contributed by atoms with Crippen LogP contribution in [0.4, 0.5) is 0 Å². The van der Waals surface area contributed by atoms with Gasteiger partial charge in [-0.25, -0.2) is 8.42 Å². The second-order valence-electron chi connectivity index (χ2n) is 6.83. The van der Waals surface area contributed by atoms with Gasteiger partial charge in [0.05, 0.1) is 10.6 Å². The van der Waals surface area contributed by atoms with E-state index < -0.39 is 9.84 Å². The highest BCUT2D eigenvalue weighted by Crippen LogP contribution is 2.21. The van der Waals surface area contributed by atoms with Gasteiger partial charge in [-0.15, -0.1) is 0 Å². The topological polar surface area (TPSA) is 63.4 Å². The third-order valence-electron chi connectivity index (χ3n) is 4.75. The predicted octanol–water partition coefficient (Wildman–Crippen LogP) is 2.97. The molecular weight excluding hydrogens is 332 g/mol. The Morgan fingerprint density at radius 3 is 2.40 bits per heavy atom. The van der Waals surface area contributed by atoms with Gasteiger partial charge >= 0.3 is 0 Å². The fraction of sp³-hybridized carbons (Fsp3) is 0.400. The molecule has 1 aliphatic heterocycles. The average molecular weight is 359 g/mol. The standard InChI is InChI=1S/C20H26N2O2S/c21-19-10-6-7-13-22(15-19)14-17-8-4-5-9-18(17)16-25(23,24)20-11-2-1-3-12-20/h1-5,8-9,11-12,19H,6-7,10,13-16,21H2/t19-/m1/s1. The number of sulfone groups is 1. The van der Waals surface area contributed by atoms with Crippen LogP contribution in [0.15, 0.2) is 59.5 Å². The van der Waals surface area contributed by atoms with Crippen molar-refractivity contribution >= 4 is 9.84 Å². The van der Waals surface area contributed by atoms with Crippen molar-refractivity contribution < 1.29 is 8.42 Å². The van der Waals surface area contributed by atoms with Crippen LogP contribution in [0.5, 0.6) is 0 Å². The Morgan fingerprint density at radius 1 is 0.960 bits per heavy atom. The summed E-state index contributed by atoms with van der Waals surface area (Å²) in [5.74, 6) is 0.0348. The van der Waals surface area contributed by atoms with Gasteiger partial charge in [-0.05, 0) is 42.6 Å². The molecule has 1 fully saturated rings. The van der Waals surface area contributed by atoms with Crippen molar-refractivity contribution in [3.63, 3.8) is 0 Å². The van der Waals surface area contributed by atoms with E-state index in [9.17, 15) is 8.42 Å². The summed E-state index contributed by atoms with van der Waals surface area (Å²) in [7, 11) is -3.34. The summed E-state index contributed by atoms with van der Waals surface area (Å²) in [6, 6.07) is 16.7. The molecule has 0 spiro atoms. The van der Waals surface area contributed by atoms with Crippen LogP contribution >= 0.6 is 0 Å². The Hall–Kier alpha value is -1.69. The van der Waals surface area contributed by atoms with Crippen molar-refractivity contribution in [3.05, 3.63) is 65.7 Å². The van der Waals surface area contributed by atoms with Crippen molar-refractivity contribution in [1.29, 1.82) is 0 Å². The van der Waals surface area contributed by atoms with Crippen LogP contribution in [0.1, 0.15) is 30.4 Å². The molecular formula is C20H26N2O2S. The van der Waals surface area contributed by atoms with E-state index in [0.29, 0.717) is 4.90 Å². The molecule has 1 atom stereocenters. The van der Waals surface area contributed by atoms with Crippen LogP contribution < -0.4 is 5.73 Å². The Bertz CT molecular complexity index is 790. The molecule has 2 aromatic rings. The molecule has 1 heterocycles. The lowest BCUT2D eigenvalue weighted by Gasteiger charge is -2.23. The van der Waals surface area contributed by atoms with Gasteiger partial charge in [0.15, 0.2) is 9.84 Å². The monoisotopic (exact) mass is 358 g/mol. The van der Waals surface area contributed by atoms with Gasteiger partial charge < -0.3 is 5.73 Å². The third kappa shape index (κ3) is 4.91. The van der Waals surface area contributed by atoms with E-state index in [2.05, 4.69) is 4.90 Å². The van der Waals surface area contributed by atoms with E-state index in [4.69, 9.17) is 5.73 Å². The average Bonchev–Trinajstić information content (AvgIpc) is 2.81. The van der Waals surface area contributed by atoms with Gasteiger partial charge in [-0.1, -0.05) is 48.9 Å². The van der Waals surface area contributed by atoms with E-state index >= 15 is 0 Å². The van der Waals surface area contributed by atoms with E-state index in [1.165, 1.54) is 6.42 Å². The second kappa shape index (κ2) is 8.13. The maximum atomic E-state index is 12.7. The fourth-order valence-corrected chi connectivity index (χ4v) is 4.84. The first-order chi connectivity index (χ1) is 12.0. The number of nitrogens with two attached hydrogens (primary N) is 1. The third-order valence-corrected chi connectivity index (χ3v) is 6.43. The molecule has 3 rings (SSSR count).